The largest absolute Gasteiger partial charge is 0.356 e. The minimum Gasteiger partial charge on any atom is -0.356 e. The molecule has 0 radical (unpaired) electrons. The summed E-state index contributed by atoms with van der Waals surface area (Å²) in [5.74, 6) is -0.144. The first-order valence-electron chi connectivity index (χ1n) is 5.09. The standard InChI is InChI=1S/C7H18N.C4H7NO.H2S/c1-5-7-8(3,4)6-2;1-3-4(6)5-2;/h5-7H2,1-4H3;3H,1H2,2H3,(H,5,6);1H2/q+1;;. The van der Waals surface area contributed by atoms with E-state index in [1.54, 1.807) is 7.05 Å². The topological polar surface area (TPSA) is 29.1 Å². The van der Waals surface area contributed by atoms with Gasteiger partial charge in [0.2, 0.25) is 5.91 Å². The number of amides is 1. The highest BCUT2D eigenvalue weighted by Gasteiger charge is 2.07. The predicted octanol–water partition coefficient (Wildman–Crippen LogP) is 1.52. The third kappa shape index (κ3) is 16.2. The van der Waals surface area contributed by atoms with E-state index < -0.39 is 0 Å². The molecule has 92 valence electrons. The van der Waals surface area contributed by atoms with E-state index in [0.717, 1.165) is 4.48 Å². The van der Waals surface area contributed by atoms with E-state index in [-0.39, 0.29) is 19.4 Å². The molecule has 0 aliphatic heterocycles. The molecule has 1 N–H and O–H groups in total. The zero-order valence-electron chi connectivity index (χ0n) is 10.8. The lowest BCUT2D eigenvalue weighted by Crippen LogP contribution is -2.39. The second-order valence-electron chi connectivity index (χ2n) is 3.79. The summed E-state index contributed by atoms with van der Waals surface area (Å²) in [6.45, 7) is 10.2. The Morgan fingerprint density at radius 3 is 1.93 bits per heavy atom. The van der Waals surface area contributed by atoms with Crippen molar-refractivity contribution in [3.8, 4) is 0 Å². The predicted molar refractivity (Wildman–Crippen MR) is 72.5 cm³/mol. The maximum atomic E-state index is 9.95. The van der Waals surface area contributed by atoms with Gasteiger partial charge in [0.1, 0.15) is 0 Å². The molecule has 0 aliphatic carbocycles. The van der Waals surface area contributed by atoms with Crippen molar-refractivity contribution in [3.05, 3.63) is 12.7 Å². The Balaban J connectivity index is -0.000000187. The number of hydrogen-bond donors (Lipinski definition) is 1. The van der Waals surface area contributed by atoms with E-state index in [0.29, 0.717) is 0 Å². The summed E-state index contributed by atoms with van der Waals surface area (Å²) in [7, 11) is 6.09. The van der Waals surface area contributed by atoms with Crippen LogP contribution in [-0.4, -0.2) is 44.6 Å². The second kappa shape index (κ2) is 11.6. The summed E-state index contributed by atoms with van der Waals surface area (Å²) in [4.78, 5) is 9.95. The minimum absolute atomic E-state index is 0. The van der Waals surface area contributed by atoms with E-state index >= 15 is 0 Å². The molecule has 0 heterocycles. The molecule has 0 spiro atoms. The van der Waals surface area contributed by atoms with Crippen LogP contribution in [0.2, 0.25) is 0 Å². The zero-order valence-corrected chi connectivity index (χ0v) is 11.8. The summed E-state index contributed by atoms with van der Waals surface area (Å²) in [5.41, 5.74) is 0. The van der Waals surface area contributed by atoms with E-state index in [9.17, 15) is 4.79 Å². The summed E-state index contributed by atoms with van der Waals surface area (Å²) in [6.07, 6.45) is 2.51. The molecule has 0 aromatic rings. The van der Waals surface area contributed by atoms with E-state index in [1.807, 2.05) is 0 Å². The third-order valence-corrected chi connectivity index (χ3v) is 2.12. The Morgan fingerprint density at radius 1 is 1.40 bits per heavy atom. The highest BCUT2D eigenvalue weighted by molar-refractivity contribution is 7.59. The van der Waals surface area contributed by atoms with Crippen molar-refractivity contribution in [2.75, 3.05) is 34.2 Å². The van der Waals surface area contributed by atoms with Crippen LogP contribution in [0.15, 0.2) is 12.7 Å². The average molecular weight is 235 g/mol. The van der Waals surface area contributed by atoms with E-state index in [2.05, 4.69) is 39.8 Å². The first-order valence-corrected chi connectivity index (χ1v) is 5.09. The molecule has 1 amide bonds. The van der Waals surface area contributed by atoms with E-state index in [4.69, 9.17) is 0 Å². The van der Waals surface area contributed by atoms with Crippen LogP contribution in [-0.2, 0) is 4.79 Å². The number of carbonyl (C=O) groups excluding carboxylic acids is 1. The van der Waals surface area contributed by atoms with Crippen molar-refractivity contribution in [2.45, 2.75) is 20.3 Å². The van der Waals surface area contributed by atoms with Gasteiger partial charge in [-0.25, -0.2) is 0 Å². The highest BCUT2D eigenvalue weighted by Crippen LogP contribution is 1.95. The molecule has 4 heteroatoms. The van der Waals surface area contributed by atoms with Gasteiger partial charge in [0, 0.05) is 7.05 Å². The van der Waals surface area contributed by atoms with Gasteiger partial charge in [-0.3, -0.25) is 4.79 Å². The monoisotopic (exact) mass is 235 g/mol. The van der Waals surface area contributed by atoms with Crippen molar-refractivity contribution in [1.29, 1.82) is 0 Å². The fraction of sp³-hybridized carbons (Fsp3) is 0.727. The molecule has 0 atom stereocenters. The Morgan fingerprint density at radius 2 is 1.87 bits per heavy atom. The van der Waals surface area contributed by atoms with Gasteiger partial charge in [-0.15, -0.1) is 0 Å². The molecule has 15 heavy (non-hydrogen) atoms. The maximum Gasteiger partial charge on any atom is 0.243 e. The van der Waals surface area contributed by atoms with Gasteiger partial charge < -0.3 is 9.80 Å². The minimum atomic E-state index is -0.144. The van der Waals surface area contributed by atoms with Crippen LogP contribution in [0.4, 0.5) is 0 Å². The number of hydrogen-bond acceptors (Lipinski definition) is 1. The third-order valence-electron chi connectivity index (χ3n) is 2.12. The second-order valence-corrected chi connectivity index (χ2v) is 3.79. The normalized spacial score (nSPS) is 9.13. The lowest BCUT2D eigenvalue weighted by atomic mass is 10.4. The Labute approximate surface area is 102 Å². The van der Waals surface area contributed by atoms with Crippen molar-refractivity contribution >= 4 is 19.4 Å². The Kier molecular flexibility index (Phi) is 15.5. The van der Waals surface area contributed by atoms with Crippen molar-refractivity contribution < 1.29 is 9.28 Å². The number of rotatable bonds is 4. The summed E-state index contributed by atoms with van der Waals surface area (Å²) < 4.78 is 1.16. The highest BCUT2D eigenvalue weighted by atomic mass is 32.1. The molecule has 0 fully saturated rings. The quantitative estimate of drug-likeness (QED) is 0.581. The van der Waals surface area contributed by atoms with Crippen molar-refractivity contribution in [2.24, 2.45) is 0 Å². The van der Waals surface area contributed by atoms with Gasteiger partial charge in [0.15, 0.2) is 0 Å². The van der Waals surface area contributed by atoms with Gasteiger partial charge in [0.25, 0.3) is 0 Å². The molecular formula is C11H27N2OS+. The van der Waals surface area contributed by atoms with Crippen LogP contribution in [0, 0.1) is 0 Å². The summed E-state index contributed by atoms with van der Waals surface area (Å²) in [6, 6.07) is 0. The van der Waals surface area contributed by atoms with E-state index in [1.165, 1.54) is 25.6 Å². The Bertz CT molecular complexity index is 170. The van der Waals surface area contributed by atoms with Crippen LogP contribution >= 0.6 is 13.5 Å². The molecule has 3 nitrogen and oxygen atoms in total. The molecule has 0 aromatic heterocycles. The molecule has 0 aromatic carbocycles. The van der Waals surface area contributed by atoms with Gasteiger partial charge in [-0.1, -0.05) is 13.5 Å². The van der Waals surface area contributed by atoms with Crippen LogP contribution in [0.1, 0.15) is 20.3 Å². The van der Waals surface area contributed by atoms with Crippen LogP contribution < -0.4 is 5.32 Å². The van der Waals surface area contributed by atoms with Gasteiger partial charge in [-0.05, 0) is 19.4 Å². The Hall–Kier alpha value is -0.480. The molecule has 0 bridgehead atoms. The van der Waals surface area contributed by atoms with Crippen LogP contribution in [0.25, 0.3) is 0 Å². The lowest BCUT2D eigenvalue weighted by molar-refractivity contribution is -0.888. The first kappa shape index (κ1) is 20.0. The number of carbonyl (C=O) groups is 1. The average Bonchev–Trinajstić information content (AvgIpc) is 2.17. The molecule has 0 saturated carbocycles. The lowest BCUT2D eigenvalue weighted by Gasteiger charge is -2.27. The van der Waals surface area contributed by atoms with Gasteiger partial charge in [-0.2, -0.15) is 13.5 Å². The molecular weight excluding hydrogens is 208 g/mol. The van der Waals surface area contributed by atoms with Gasteiger partial charge >= 0.3 is 0 Å². The fourth-order valence-electron chi connectivity index (χ4n) is 0.866. The summed E-state index contributed by atoms with van der Waals surface area (Å²) in [5, 5.41) is 2.36. The first-order chi connectivity index (χ1) is 6.43. The maximum absolute atomic E-state index is 9.95. The molecule has 0 unspecified atom stereocenters. The van der Waals surface area contributed by atoms with Crippen molar-refractivity contribution in [3.63, 3.8) is 0 Å². The van der Waals surface area contributed by atoms with Crippen LogP contribution in [0.5, 0.6) is 0 Å². The SMILES string of the molecule is C=CC(=O)NC.CCC[N+](C)(C)CC.S. The smallest absolute Gasteiger partial charge is 0.243 e. The zero-order chi connectivity index (χ0) is 11.6. The molecule has 0 rings (SSSR count). The van der Waals surface area contributed by atoms with Crippen LogP contribution in [0.3, 0.4) is 0 Å². The number of quaternary nitrogens is 1. The van der Waals surface area contributed by atoms with Gasteiger partial charge in [0.05, 0.1) is 27.2 Å². The number of likely N-dealkylation sites (N-methyl/N-ethyl adjacent to an activating group) is 1. The van der Waals surface area contributed by atoms with Crippen molar-refractivity contribution in [1.82, 2.24) is 5.32 Å². The molecule has 0 saturated heterocycles. The fourth-order valence-corrected chi connectivity index (χ4v) is 0.866. The number of nitrogens with one attached hydrogen (secondary N) is 1. The number of nitrogens with zero attached hydrogens (tertiary/aromatic N) is 1. The molecule has 0 aliphatic rings. The summed E-state index contributed by atoms with van der Waals surface area (Å²) >= 11 is 0.